The smallest absolute Gasteiger partial charge is 0.188 e. The molecule has 12 heavy (non-hydrogen) atoms. The predicted octanol–water partition coefficient (Wildman–Crippen LogP) is 1.63. The van der Waals surface area contributed by atoms with Gasteiger partial charge in [0.05, 0.1) is 6.20 Å². The lowest BCUT2D eigenvalue weighted by Crippen LogP contribution is -1.99. The van der Waals surface area contributed by atoms with E-state index in [1.54, 1.807) is 13.3 Å². The lowest BCUT2D eigenvalue weighted by molar-refractivity contribution is 0.0508. The van der Waals surface area contributed by atoms with Gasteiger partial charge in [-0.15, -0.1) is 0 Å². The summed E-state index contributed by atoms with van der Waals surface area (Å²) in [6.45, 7) is 2.34. The van der Waals surface area contributed by atoms with Gasteiger partial charge in [0.15, 0.2) is 6.79 Å². The molecule has 0 unspecified atom stereocenters. The third-order valence-corrected chi connectivity index (χ3v) is 1.50. The number of aromatic nitrogens is 1. The first-order chi connectivity index (χ1) is 5.86. The molecule has 0 radical (unpaired) electrons. The SMILES string of the molecule is CCc1ccc(OCOC)cn1. The highest BCUT2D eigenvalue weighted by Crippen LogP contribution is 2.08. The van der Waals surface area contributed by atoms with Gasteiger partial charge in [-0.3, -0.25) is 4.98 Å². The number of methoxy groups -OCH3 is 1. The Morgan fingerprint density at radius 1 is 1.42 bits per heavy atom. The quantitative estimate of drug-likeness (QED) is 0.638. The Labute approximate surface area is 72.3 Å². The van der Waals surface area contributed by atoms with Crippen LogP contribution in [0.3, 0.4) is 0 Å². The van der Waals surface area contributed by atoms with Gasteiger partial charge in [-0.25, -0.2) is 0 Å². The second-order valence-corrected chi connectivity index (χ2v) is 2.39. The summed E-state index contributed by atoms with van der Waals surface area (Å²) in [4.78, 5) is 4.17. The Bertz CT molecular complexity index is 220. The molecular formula is C9H13NO2. The first-order valence-electron chi connectivity index (χ1n) is 3.93. The van der Waals surface area contributed by atoms with Crippen LogP contribution in [0.2, 0.25) is 0 Å². The van der Waals surface area contributed by atoms with E-state index in [0.29, 0.717) is 0 Å². The molecule has 0 aliphatic carbocycles. The number of rotatable bonds is 4. The van der Waals surface area contributed by atoms with Crippen LogP contribution in [-0.4, -0.2) is 18.9 Å². The average molecular weight is 167 g/mol. The molecule has 1 heterocycles. The first-order valence-corrected chi connectivity index (χ1v) is 3.93. The highest BCUT2D eigenvalue weighted by molar-refractivity contribution is 5.19. The summed E-state index contributed by atoms with van der Waals surface area (Å²) in [5, 5.41) is 0. The Morgan fingerprint density at radius 2 is 2.25 bits per heavy atom. The van der Waals surface area contributed by atoms with Gasteiger partial charge in [-0.2, -0.15) is 0 Å². The van der Waals surface area contributed by atoms with Gasteiger partial charge in [0, 0.05) is 12.8 Å². The maximum Gasteiger partial charge on any atom is 0.188 e. The lowest BCUT2D eigenvalue weighted by atomic mass is 10.3. The van der Waals surface area contributed by atoms with Gasteiger partial charge in [-0.1, -0.05) is 6.92 Å². The van der Waals surface area contributed by atoms with Crippen LogP contribution >= 0.6 is 0 Å². The van der Waals surface area contributed by atoms with Crippen molar-refractivity contribution in [3.05, 3.63) is 24.0 Å². The van der Waals surface area contributed by atoms with E-state index in [9.17, 15) is 0 Å². The van der Waals surface area contributed by atoms with E-state index < -0.39 is 0 Å². The summed E-state index contributed by atoms with van der Waals surface area (Å²) >= 11 is 0. The molecule has 0 fully saturated rings. The molecular weight excluding hydrogens is 154 g/mol. The molecule has 0 aliphatic heterocycles. The zero-order chi connectivity index (χ0) is 8.81. The fraction of sp³-hybridized carbons (Fsp3) is 0.444. The van der Waals surface area contributed by atoms with Crippen molar-refractivity contribution in [1.29, 1.82) is 0 Å². The van der Waals surface area contributed by atoms with Crippen LogP contribution in [0.4, 0.5) is 0 Å². The van der Waals surface area contributed by atoms with Crippen molar-refractivity contribution in [2.75, 3.05) is 13.9 Å². The fourth-order valence-electron chi connectivity index (χ4n) is 0.832. The Kier molecular flexibility index (Phi) is 3.54. The summed E-state index contributed by atoms with van der Waals surface area (Å²) in [7, 11) is 1.59. The minimum absolute atomic E-state index is 0.271. The highest BCUT2D eigenvalue weighted by atomic mass is 16.7. The third kappa shape index (κ3) is 2.51. The van der Waals surface area contributed by atoms with Crippen LogP contribution in [0, 0.1) is 0 Å². The van der Waals surface area contributed by atoms with Crippen molar-refractivity contribution in [3.8, 4) is 5.75 Å². The molecule has 1 rings (SSSR count). The standard InChI is InChI=1S/C9H13NO2/c1-3-8-4-5-9(6-10-8)12-7-11-2/h4-6H,3,7H2,1-2H3. The number of pyridine rings is 1. The number of nitrogens with zero attached hydrogens (tertiary/aromatic N) is 1. The summed E-state index contributed by atoms with van der Waals surface area (Å²) < 4.78 is 9.92. The van der Waals surface area contributed by atoms with Crippen LogP contribution in [0.1, 0.15) is 12.6 Å². The van der Waals surface area contributed by atoms with Gasteiger partial charge >= 0.3 is 0 Å². The number of hydrogen-bond acceptors (Lipinski definition) is 3. The summed E-state index contributed by atoms with van der Waals surface area (Å²) in [6.07, 6.45) is 2.66. The molecule has 0 amide bonds. The predicted molar refractivity (Wildman–Crippen MR) is 46.1 cm³/mol. The second kappa shape index (κ2) is 4.72. The van der Waals surface area contributed by atoms with Gasteiger partial charge in [-0.05, 0) is 18.6 Å². The monoisotopic (exact) mass is 167 g/mol. The van der Waals surface area contributed by atoms with E-state index in [-0.39, 0.29) is 6.79 Å². The van der Waals surface area contributed by atoms with Crippen molar-refractivity contribution in [2.24, 2.45) is 0 Å². The Morgan fingerprint density at radius 3 is 2.75 bits per heavy atom. The van der Waals surface area contributed by atoms with Crippen molar-refractivity contribution in [2.45, 2.75) is 13.3 Å². The molecule has 0 aliphatic rings. The van der Waals surface area contributed by atoms with E-state index in [0.717, 1.165) is 17.9 Å². The highest BCUT2D eigenvalue weighted by Gasteiger charge is 1.93. The molecule has 0 saturated carbocycles. The Hall–Kier alpha value is -1.09. The molecule has 0 bridgehead atoms. The maximum absolute atomic E-state index is 5.17. The molecule has 66 valence electrons. The molecule has 0 atom stereocenters. The van der Waals surface area contributed by atoms with Crippen LogP contribution in [0.15, 0.2) is 18.3 Å². The number of hydrogen-bond donors (Lipinski definition) is 0. The fourth-order valence-corrected chi connectivity index (χ4v) is 0.832. The summed E-state index contributed by atoms with van der Waals surface area (Å²) in [6, 6.07) is 3.84. The van der Waals surface area contributed by atoms with Gasteiger partial charge in [0.25, 0.3) is 0 Å². The molecule has 0 saturated heterocycles. The molecule has 1 aromatic heterocycles. The molecule has 0 N–H and O–H groups in total. The average Bonchev–Trinajstić information content (AvgIpc) is 2.15. The third-order valence-electron chi connectivity index (χ3n) is 1.50. The van der Waals surface area contributed by atoms with Crippen LogP contribution in [0.5, 0.6) is 5.75 Å². The molecule has 1 aromatic rings. The van der Waals surface area contributed by atoms with Crippen LogP contribution in [-0.2, 0) is 11.2 Å². The lowest BCUT2D eigenvalue weighted by Gasteiger charge is -2.03. The number of aryl methyl sites for hydroxylation is 1. The molecule has 3 heteroatoms. The van der Waals surface area contributed by atoms with Gasteiger partial charge in [0.1, 0.15) is 5.75 Å². The van der Waals surface area contributed by atoms with Crippen molar-refractivity contribution in [3.63, 3.8) is 0 Å². The van der Waals surface area contributed by atoms with Gasteiger partial charge < -0.3 is 9.47 Å². The largest absolute Gasteiger partial charge is 0.466 e. The van der Waals surface area contributed by atoms with E-state index in [1.165, 1.54) is 0 Å². The Balaban J connectivity index is 2.53. The van der Waals surface area contributed by atoms with E-state index in [2.05, 4.69) is 11.9 Å². The van der Waals surface area contributed by atoms with E-state index in [1.807, 2.05) is 12.1 Å². The van der Waals surface area contributed by atoms with Crippen molar-refractivity contribution < 1.29 is 9.47 Å². The molecule has 3 nitrogen and oxygen atoms in total. The summed E-state index contributed by atoms with van der Waals surface area (Å²) in [5.74, 6) is 0.744. The topological polar surface area (TPSA) is 31.4 Å². The zero-order valence-corrected chi connectivity index (χ0v) is 7.41. The maximum atomic E-state index is 5.17. The molecule has 0 aromatic carbocycles. The van der Waals surface area contributed by atoms with E-state index in [4.69, 9.17) is 9.47 Å². The first kappa shape index (κ1) is 9.00. The van der Waals surface area contributed by atoms with Crippen molar-refractivity contribution in [1.82, 2.24) is 4.98 Å². The van der Waals surface area contributed by atoms with Crippen LogP contribution in [0.25, 0.3) is 0 Å². The zero-order valence-electron chi connectivity index (χ0n) is 7.41. The van der Waals surface area contributed by atoms with E-state index >= 15 is 0 Å². The van der Waals surface area contributed by atoms with Crippen LogP contribution < -0.4 is 4.74 Å². The van der Waals surface area contributed by atoms with Gasteiger partial charge in [0.2, 0.25) is 0 Å². The molecule has 0 spiro atoms. The minimum atomic E-state index is 0.271. The van der Waals surface area contributed by atoms with Crippen molar-refractivity contribution >= 4 is 0 Å². The summed E-state index contributed by atoms with van der Waals surface area (Å²) in [5.41, 5.74) is 1.07. The normalized spacial score (nSPS) is 9.83. The minimum Gasteiger partial charge on any atom is -0.466 e. The second-order valence-electron chi connectivity index (χ2n) is 2.39. The number of ether oxygens (including phenoxy) is 2.